The summed E-state index contributed by atoms with van der Waals surface area (Å²) < 4.78 is 1.55. The van der Waals surface area contributed by atoms with E-state index in [1.54, 1.807) is 10.8 Å². The van der Waals surface area contributed by atoms with E-state index in [-0.39, 0.29) is 5.56 Å². The Morgan fingerprint density at radius 2 is 1.48 bits per heavy atom. The van der Waals surface area contributed by atoms with E-state index >= 15 is 0 Å². The molecule has 2 rings (SSSR count). The highest BCUT2D eigenvalue weighted by atomic mass is 28.3. The van der Waals surface area contributed by atoms with Crippen molar-refractivity contribution in [3.63, 3.8) is 0 Å². The number of aromatic nitrogens is 2. The molecule has 4 nitrogen and oxygen atoms in total. The van der Waals surface area contributed by atoms with Crippen molar-refractivity contribution in [1.29, 1.82) is 0 Å². The summed E-state index contributed by atoms with van der Waals surface area (Å²) in [5.74, 6) is 0. The Kier molecular flexibility index (Phi) is 7.38. The molecule has 0 aliphatic heterocycles. The Balaban J connectivity index is 2.49. The van der Waals surface area contributed by atoms with Crippen molar-refractivity contribution in [3.05, 3.63) is 97.6 Å². The maximum Gasteiger partial charge on any atom is 0.328 e. The summed E-state index contributed by atoms with van der Waals surface area (Å²) in [5, 5.41) is 0. The fourth-order valence-corrected chi connectivity index (χ4v) is 3.94. The van der Waals surface area contributed by atoms with Gasteiger partial charge in [0, 0.05) is 6.20 Å². The summed E-state index contributed by atoms with van der Waals surface area (Å²) in [7, 11) is -2.76. The summed E-state index contributed by atoms with van der Waals surface area (Å²) in [6, 6.07) is 9.74. The van der Waals surface area contributed by atoms with Gasteiger partial charge in [-0.2, -0.15) is 0 Å². The molecule has 6 heteroatoms. The van der Waals surface area contributed by atoms with Crippen molar-refractivity contribution in [2.75, 3.05) is 0 Å². The second kappa shape index (κ2) is 9.37. The molecule has 0 aliphatic rings. The molecule has 0 unspecified atom stereocenters. The number of H-pyrrole nitrogens is 1. The van der Waals surface area contributed by atoms with Crippen molar-refractivity contribution in [2.45, 2.75) is 45.8 Å². The molecule has 1 aromatic carbocycles. The molecule has 0 bridgehead atoms. The Hall–Kier alpha value is -2.45. The highest BCUT2D eigenvalue weighted by Gasteiger charge is 2.10. The molecule has 0 saturated heterocycles. The van der Waals surface area contributed by atoms with Gasteiger partial charge in [0.15, 0.2) is 0 Å². The SMILES string of the molecule is C[Si](C)(C)C=CC(C=C[Si](C)(C)C)=Cc1cn(Cc2ccccc2)c(=O)[nH]c1=O. The molecule has 0 saturated carbocycles. The topological polar surface area (TPSA) is 54.9 Å². The summed E-state index contributed by atoms with van der Waals surface area (Å²) >= 11 is 0. The number of nitrogens with one attached hydrogen (secondary N) is 1. The van der Waals surface area contributed by atoms with E-state index in [9.17, 15) is 9.59 Å². The Morgan fingerprint density at radius 3 is 2.00 bits per heavy atom. The van der Waals surface area contributed by atoms with Gasteiger partial charge in [-0.15, -0.1) is 0 Å². The first-order valence-corrected chi connectivity index (χ1v) is 17.1. The summed E-state index contributed by atoms with van der Waals surface area (Å²) in [6.45, 7) is 14.1. The summed E-state index contributed by atoms with van der Waals surface area (Å²) in [6.07, 6.45) is 7.73. The van der Waals surface area contributed by atoms with E-state index in [4.69, 9.17) is 0 Å². The van der Waals surface area contributed by atoms with E-state index in [1.165, 1.54) is 0 Å². The van der Waals surface area contributed by atoms with E-state index in [0.29, 0.717) is 12.1 Å². The number of rotatable bonds is 7. The largest absolute Gasteiger partial charge is 0.328 e. The van der Waals surface area contributed by atoms with Gasteiger partial charge >= 0.3 is 5.69 Å². The summed E-state index contributed by atoms with van der Waals surface area (Å²) in [4.78, 5) is 27.2. The van der Waals surface area contributed by atoms with Crippen LogP contribution in [0, 0.1) is 0 Å². The van der Waals surface area contributed by atoms with Crippen LogP contribution in [0.25, 0.3) is 6.08 Å². The lowest BCUT2D eigenvalue weighted by Crippen LogP contribution is -2.31. The maximum atomic E-state index is 12.4. The van der Waals surface area contributed by atoms with Crippen molar-refractivity contribution in [1.82, 2.24) is 9.55 Å². The van der Waals surface area contributed by atoms with Gasteiger partial charge in [0.05, 0.1) is 28.3 Å². The van der Waals surface area contributed by atoms with Gasteiger partial charge < -0.3 is 0 Å². The zero-order valence-electron chi connectivity index (χ0n) is 18.3. The van der Waals surface area contributed by atoms with Crippen LogP contribution in [0.3, 0.4) is 0 Å². The van der Waals surface area contributed by atoms with Gasteiger partial charge in [-0.3, -0.25) is 14.3 Å². The minimum atomic E-state index is -1.38. The molecular formula is C23H32N2O2Si2. The maximum absolute atomic E-state index is 12.4. The van der Waals surface area contributed by atoms with Gasteiger partial charge in [0.1, 0.15) is 0 Å². The molecule has 1 N–H and O–H groups in total. The van der Waals surface area contributed by atoms with Crippen molar-refractivity contribution >= 4 is 22.2 Å². The van der Waals surface area contributed by atoms with E-state index in [1.807, 2.05) is 36.4 Å². The lowest BCUT2D eigenvalue weighted by atomic mass is 10.2. The minimum absolute atomic E-state index is 0.361. The Bertz CT molecular complexity index is 1010. The van der Waals surface area contributed by atoms with Crippen molar-refractivity contribution < 1.29 is 0 Å². The number of hydrogen-bond acceptors (Lipinski definition) is 2. The van der Waals surface area contributed by atoms with Gasteiger partial charge in [-0.1, -0.05) is 93.2 Å². The normalized spacial score (nSPS) is 12.6. The van der Waals surface area contributed by atoms with Crippen LogP contribution in [0.15, 0.2) is 75.2 Å². The molecule has 29 heavy (non-hydrogen) atoms. The lowest BCUT2D eigenvalue weighted by Gasteiger charge is -2.11. The Morgan fingerprint density at radius 1 is 0.931 bits per heavy atom. The van der Waals surface area contributed by atoms with Crippen molar-refractivity contribution in [3.8, 4) is 0 Å². The second-order valence-corrected chi connectivity index (χ2v) is 19.6. The predicted octanol–water partition coefficient (Wildman–Crippen LogP) is 4.84. The van der Waals surface area contributed by atoms with Crippen molar-refractivity contribution in [2.24, 2.45) is 0 Å². The number of benzene rings is 1. The first-order chi connectivity index (χ1) is 13.4. The molecule has 2 aromatic rings. The first-order valence-electron chi connectivity index (χ1n) is 9.91. The van der Waals surface area contributed by atoms with Crippen LogP contribution in [0.4, 0.5) is 0 Å². The molecular weight excluding hydrogens is 392 g/mol. The zero-order chi connectivity index (χ0) is 21.7. The quantitative estimate of drug-likeness (QED) is 0.511. The average Bonchev–Trinajstić information content (AvgIpc) is 2.60. The molecule has 0 amide bonds. The molecule has 1 aromatic heterocycles. The fraction of sp³-hybridized carbons (Fsp3) is 0.304. The fourth-order valence-electron chi connectivity index (χ4n) is 2.55. The monoisotopic (exact) mass is 424 g/mol. The molecule has 1 heterocycles. The number of hydrogen-bond donors (Lipinski definition) is 1. The third-order valence-electron chi connectivity index (χ3n) is 4.11. The Labute approximate surface area is 175 Å². The molecule has 0 fully saturated rings. The molecule has 0 radical (unpaired) electrons. The number of aromatic amines is 1. The van der Waals surface area contributed by atoms with E-state index < -0.39 is 21.8 Å². The highest BCUT2D eigenvalue weighted by molar-refractivity contribution is 6.81. The van der Waals surface area contributed by atoms with Gasteiger partial charge in [-0.25, -0.2) is 4.79 Å². The van der Waals surface area contributed by atoms with Crippen LogP contribution in [0.5, 0.6) is 0 Å². The molecule has 0 atom stereocenters. The standard InChI is InChI=1S/C23H32N2O2Si2/c1-28(2,3)14-12-19(13-15-29(4,5)6)16-21-18-25(23(27)24-22(21)26)17-20-10-8-7-9-11-20/h7-16,18H,17H2,1-6H3,(H,24,26,27). The van der Waals surface area contributed by atoms with Gasteiger partial charge in [0.2, 0.25) is 0 Å². The van der Waals surface area contributed by atoms with Crippen LogP contribution < -0.4 is 11.2 Å². The van der Waals surface area contributed by atoms with Crippen LogP contribution in [0.2, 0.25) is 39.3 Å². The molecule has 154 valence electrons. The number of nitrogens with zero attached hydrogens (tertiary/aromatic N) is 1. The van der Waals surface area contributed by atoms with Crippen LogP contribution in [-0.4, -0.2) is 25.7 Å². The second-order valence-electron chi connectivity index (χ2n) is 9.50. The third kappa shape index (κ3) is 8.21. The van der Waals surface area contributed by atoms with Crippen LogP contribution in [-0.2, 0) is 6.54 Å². The van der Waals surface area contributed by atoms with Crippen LogP contribution >= 0.6 is 0 Å². The molecule has 0 spiro atoms. The van der Waals surface area contributed by atoms with E-state index in [0.717, 1.165) is 11.1 Å². The number of allylic oxidation sites excluding steroid dienone is 3. The lowest BCUT2D eigenvalue weighted by molar-refractivity contribution is 0.718. The summed E-state index contributed by atoms with van der Waals surface area (Å²) in [5.41, 5.74) is 6.24. The van der Waals surface area contributed by atoms with Gasteiger partial charge in [-0.05, 0) is 17.2 Å². The highest BCUT2D eigenvalue weighted by Crippen LogP contribution is 2.13. The van der Waals surface area contributed by atoms with Crippen LogP contribution in [0.1, 0.15) is 11.1 Å². The average molecular weight is 425 g/mol. The minimum Gasteiger partial charge on any atom is -0.296 e. The zero-order valence-corrected chi connectivity index (χ0v) is 20.3. The molecule has 0 aliphatic carbocycles. The first kappa shape index (κ1) is 22.8. The van der Waals surface area contributed by atoms with E-state index in [2.05, 4.69) is 67.8 Å². The van der Waals surface area contributed by atoms with Gasteiger partial charge in [0.25, 0.3) is 5.56 Å². The predicted molar refractivity (Wildman–Crippen MR) is 130 cm³/mol. The third-order valence-corrected chi connectivity index (χ3v) is 6.44. The smallest absolute Gasteiger partial charge is 0.296 e.